The molecule has 0 aromatic heterocycles. The molecule has 0 aliphatic carbocycles. The van der Waals surface area contributed by atoms with Crippen LogP contribution in [0.1, 0.15) is 0 Å². The maximum absolute atomic E-state index is 6.79. The van der Waals surface area contributed by atoms with Crippen molar-refractivity contribution in [3.8, 4) is 67.5 Å². The van der Waals surface area contributed by atoms with Crippen molar-refractivity contribution in [3.63, 3.8) is 0 Å². The Kier molecular flexibility index (Phi) is 7.43. The Bertz CT molecular complexity index is 3250. The third-order valence-corrected chi connectivity index (χ3v) is 13.0. The molecule has 0 atom stereocenters. The normalized spacial score (nSPS) is 12.5. The van der Waals surface area contributed by atoms with Crippen LogP contribution in [0.4, 0.5) is 0 Å². The van der Waals surface area contributed by atoms with E-state index in [0.29, 0.717) is 0 Å². The molecule has 2 aliphatic heterocycles. The summed E-state index contributed by atoms with van der Waals surface area (Å²) in [5, 5.41) is 9.86. The molecule has 2 aliphatic rings. The summed E-state index contributed by atoms with van der Waals surface area (Å²) in [6, 6.07) is 76.9. The Morgan fingerprint density at radius 3 is 0.902 bits per heavy atom. The zero-order valence-corrected chi connectivity index (χ0v) is 33.1. The molecule has 61 heavy (non-hydrogen) atoms. The highest BCUT2D eigenvalue weighted by molar-refractivity contribution is 6.98. The van der Waals surface area contributed by atoms with Crippen LogP contribution in [-0.4, -0.2) is 6.71 Å². The molecule has 0 spiro atoms. The molecular weight excluding hydrogens is 739 g/mol. The minimum atomic E-state index is -0.110. The Hall–Kier alpha value is -7.88. The first-order valence-electron chi connectivity index (χ1n) is 21.0. The topological polar surface area (TPSA) is 18.5 Å². The van der Waals surface area contributed by atoms with Gasteiger partial charge in [0.1, 0.15) is 23.0 Å². The summed E-state index contributed by atoms with van der Waals surface area (Å²) in [5.74, 6) is 3.42. The van der Waals surface area contributed by atoms with Crippen LogP contribution in [-0.2, 0) is 0 Å². The van der Waals surface area contributed by atoms with Crippen molar-refractivity contribution in [2.45, 2.75) is 0 Å². The number of rotatable bonds is 4. The molecule has 11 aromatic rings. The third-order valence-electron chi connectivity index (χ3n) is 13.0. The summed E-state index contributed by atoms with van der Waals surface area (Å²) < 4.78 is 13.6. The molecule has 282 valence electrons. The van der Waals surface area contributed by atoms with Crippen LogP contribution in [0.3, 0.4) is 0 Å². The molecule has 0 fully saturated rings. The van der Waals surface area contributed by atoms with Gasteiger partial charge in [-0.25, -0.2) is 0 Å². The monoisotopic (exact) mass is 774 g/mol. The van der Waals surface area contributed by atoms with Gasteiger partial charge in [-0.3, -0.25) is 0 Å². The highest BCUT2D eigenvalue weighted by Gasteiger charge is 2.40. The van der Waals surface area contributed by atoms with Crippen LogP contribution >= 0.6 is 0 Å². The quantitative estimate of drug-likeness (QED) is 0.131. The Morgan fingerprint density at radius 1 is 0.246 bits per heavy atom. The molecule has 11 aromatic carbocycles. The summed E-state index contributed by atoms with van der Waals surface area (Å²) >= 11 is 0. The smallest absolute Gasteiger partial charge is 0.260 e. The van der Waals surface area contributed by atoms with Gasteiger partial charge in [0.15, 0.2) is 0 Å². The van der Waals surface area contributed by atoms with Gasteiger partial charge in [-0.1, -0.05) is 188 Å². The van der Waals surface area contributed by atoms with E-state index in [0.717, 1.165) is 50.5 Å². The Morgan fingerprint density at radius 2 is 0.557 bits per heavy atom. The van der Waals surface area contributed by atoms with E-state index in [1.165, 1.54) is 76.5 Å². The summed E-state index contributed by atoms with van der Waals surface area (Å²) in [6.07, 6.45) is 0. The van der Waals surface area contributed by atoms with Crippen LogP contribution in [0.5, 0.6) is 23.0 Å². The molecular formula is C58H35BO2. The molecule has 0 amide bonds. The lowest BCUT2D eigenvalue weighted by atomic mass is 9.34. The highest BCUT2D eigenvalue weighted by atomic mass is 16.5. The van der Waals surface area contributed by atoms with E-state index in [-0.39, 0.29) is 6.71 Å². The van der Waals surface area contributed by atoms with E-state index < -0.39 is 0 Å². The molecule has 0 bridgehead atoms. The SMILES string of the molecule is c1ccc(-c2c3ccccc3c(-c3ccc4c(c3)B3c5cc(-c6c7ccccc7c(-c7ccccc7)c7ccccc67)ccc5Oc5cccc(c53)O4)c3ccccc23)cc1. The zero-order valence-electron chi connectivity index (χ0n) is 33.1. The average molecular weight is 775 g/mol. The van der Waals surface area contributed by atoms with Crippen molar-refractivity contribution in [2.75, 3.05) is 0 Å². The van der Waals surface area contributed by atoms with Gasteiger partial charge < -0.3 is 9.47 Å². The van der Waals surface area contributed by atoms with E-state index in [9.17, 15) is 0 Å². The van der Waals surface area contributed by atoms with E-state index >= 15 is 0 Å². The van der Waals surface area contributed by atoms with Gasteiger partial charge in [-0.2, -0.15) is 0 Å². The average Bonchev–Trinajstić information content (AvgIpc) is 3.32. The van der Waals surface area contributed by atoms with Gasteiger partial charge in [0, 0.05) is 5.46 Å². The predicted molar refractivity (Wildman–Crippen MR) is 256 cm³/mol. The van der Waals surface area contributed by atoms with Crippen molar-refractivity contribution in [3.05, 3.63) is 212 Å². The molecule has 2 heterocycles. The van der Waals surface area contributed by atoms with E-state index in [1.54, 1.807) is 0 Å². The molecule has 0 saturated heterocycles. The van der Waals surface area contributed by atoms with Gasteiger partial charge in [0.2, 0.25) is 0 Å². The van der Waals surface area contributed by atoms with E-state index in [2.05, 4.69) is 206 Å². The van der Waals surface area contributed by atoms with Crippen molar-refractivity contribution in [1.29, 1.82) is 0 Å². The van der Waals surface area contributed by atoms with Gasteiger partial charge in [0.05, 0.1) is 0 Å². The number of benzene rings is 11. The predicted octanol–water partition coefficient (Wildman–Crippen LogP) is 13.7. The Balaban J connectivity index is 1.05. The van der Waals surface area contributed by atoms with Gasteiger partial charge in [0.25, 0.3) is 6.71 Å². The van der Waals surface area contributed by atoms with Crippen molar-refractivity contribution < 1.29 is 9.47 Å². The first-order chi connectivity index (χ1) is 30.3. The van der Waals surface area contributed by atoms with Crippen molar-refractivity contribution >= 4 is 66.2 Å². The molecule has 0 N–H and O–H groups in total. The number of hydrogen-bond donors (Lipinski definition) is 0. The molecule has 3 heteroatoms. The molecule has 2 nitrogen and oxygen atoms in total. The fourth-order valence-corrected chi connectivity index (χ4v) is 10.5. The highest BCUT2D eigenvalue weighted by Crippen LogP contribution is 2.46. The Labute approximate surface area is 354 Å². The third kappa shape index (κ3) is 5.11. The maximum Gasteiger partial charge on any atom is 0.260 e. The largest absolute Gasteiger partial charge is 0.458 e. The summed E-state index contributed by atoms with van der Waals surface area (Å²) in [7, 11) is 0. The standard InChI is InChI=1S/C58H35BO2/c1-3-16-36(17-4-1)54-40-20-7-11-24-44(40)56(45-25-12-8-21-41(45)54)38-30-32-50-48(34-38)59-49-35-39(31-33-51(49)61-53-29-15-28-52(60-50)58(53)59)57-46-26-13-9-22-42(46)55(37-18-5-2-6-19-37)43-23-10-14-27-47(43)57/h1-35H. The van der Waals surface area contributed by atoms with Crippen molar-refractivity contribution in [1.82, 2.24) is 0 Å². The van der Waals surface area contributed by atoms with Crippen LogP contribution in [0.2, 0.25) is 0 Å². The van der Waals surface area contributed by atoms with E-state index in [1.807, 2.05) is 6.07 Å². The van der Waals surface area contributed by atoms with Crippen LogP contribution in [0.25, 0.3) is 87.6 Å². The summed E-state index contributed by atoms with van der Waals surface area (Å²) in [4.78, 5) is 0. The number of fused-ring (bicyclic) bond motifs is 8. The van der Waals surface area contributed by atoms with Crippen molar-refractivity contribution in [2.24, 2.45) is 0 Å². The van der Waals surface area contributed by atoms with Crippen LogP contribution in [0, 0.1) is 0 Å². The first kappa shape index (κ1) is 34.0. The van der Waals surface area contributed by atoms with Crippen LogP contribution in [0.15, 0.2) is 212 Å². The second-order valence-corrected chi connectivity index (χ2v) is 16.2. The molecule has 0 unspecified atom stereocenters. The van der Waals surface area contributed by atoms with Gasteiger partial charge in [-0.15, -0.1) is 0 Å². The number of hydrogen-bond acceptors (Lipinski definition) is 2. The van der Waals surface area contributed by atoms with Gasteiger partial charge >= 0.3 is 0 Å². The molecule has 0 radical (unpaired) electrons. The summed E-state index contributed by atoms with van der Waals surface area (Å²) in [5.41, 5.74) is 13.1. The van der Waals surface area contributed by atoms with E-state index in [4.69, 9.17) is 9.47 Å². The zero-order chi connectivity index (χ0) is 40.0. The van der Waals surface area contributed by atoms with Gasteiger partial charge in [-0.05, 0) is 123 Å². The molecule has 13 rings (SSSR count). The second-order valence-electron chi connectivity index (χ2n) is 16.2. The fourth-order valence-electron chi connectivity index (χ4n) is 10.5. The lowest BCUT2D eigenvalue weighted by Gasteiger charge is -2.33. The minimum Gasteiger partial charge on any atom is -0.458 e. The maximum atomic E-state index is 6.79. The van der Waals surface area contributed by atoms with Crippen LogP contribution < -0.4 is 25.9 Å². The number of ether oxygens (including phenoxy) is 2. The lowest BCUT2D eigenvalue weighted by molar-refractivity contribution is 0.464. The summed E-state index contributed by atoms with van der Waals surface area (Å²) in [6.45, 7) is -0.110. The fraction of sp³-hybridized carbons (Fsp3) is 0. The molecule has 0 saturated carbocycles. The first-order valence-corrected chi connectivity index (χ1v) is 21.0. The minimum absolute atomic E-state index is 0.110. The second kappa shape index (κ2) is 13.3. The lowest BCUT2D eigenvalue weighted by Crippen LogP contribution is -2.57.